The van der Waals surface area contributed by atoms with Gasteiger partial charge >= 0.3 is 5.97 Å². The monoisotopic (exact) mass is 242 g/mol. The minimum Gasteiger partial charge on any atom is -0.480 e. The highest BCUT2D eigenvalue weighted by Gasteiger charge is 2.44. The summed E-state index contributed by atoms with van der Waals surface area (Å²) in [5.74, 6) is -1.17. The van der Waals surface area contributed by atoms with E-state index in [1.54, 1.807) is 13.8 Å². The second-order valence-electron chi connectivity index (χ2n) is 5.20. The summed E-state index contributed by atoms with van der Waals surface area (Å²) in [4.78, 5) is 23.4. The maximum atomic E-state index is 12.1. The smallest absolute Gasteiger partial charge is 0.329 e. The molecule has 0 aromatic rings. The molecule has 0 aromatic carbocycles. The molecule has 0 heterocycles. The van der Waals surface area contributed by atoms with Crippen LogP contribution in [0, 0.1) is 0 Å². The van der Waals surface area contributed by atoms with Crippen molar-refractivity contribution < 1.29 is 14.7 Å². The van der Waals surface area contributed by atoms with E-state index in [1.165, 1.54) is 0 Å². The predicted molar refractivity (Wildman–Crippen MR) is 64.7 cm³/mol. The third-order valence-electron chi connectivity index (χ3n) is 3.41. The van der Waals surface area contributed by atoms with Gasteiger partial charge in [-0.1, -0.05) is 19.8 Å². The Morgan fingerprint density at radius 1 is 1.29 bits per heavy atom. The first kappa shape index (κ1) is 14.0. The number of carbonyl (C=O) groups is 2. The number of carboxylic acids is 1. The zero-order chi connectivity index (χ0) is 13.1. The van der Waals surface area contributed by atoms with Crippen LogP contribution in [-0.4, -0.2) is 34.6 Å². The van der Waals surface area contributed by atoms with Gasteiger partial charge in [0.05, 0.1) is 5.54 Å². The number of hydrogen-bond acceptors (Lipinski definition) is 3. The molecule has 0 unspecified atom stereocenters. The average Bonchev–Trinajstić information content (AvgIpc) is 2.67. The SMILES string of the molecule is CCNC(C)(C)C(=O)NC1(C(=O)O)CCCC1. The molecule has 1 aliphatic carbocycles. The zero-order valence-electron chi connectivity index (χ0n) is 10.8. The molecule has 98 valence electrons. The lowest BCUT2D eigenvalue weighted by Gasteiger charge is -2.31. The van der Waals surface area contributed by atoms with E-state index in [0.717, 1.165) is 12.8 Å². The normalized spacial score (nSPS) is 19.0. The third kappa shape index (κ3) is 2.97. The maximum absolute atomic E-state index is 12.1. The lowest BCUT2D eigenvalue weighted by Crippen LogP contribution is -2.61. The highest BCUT2D eigenvalue weighted by Crippen LogP contribution is 2.30. The largest absolute Gasteiger partial charge is 0.480 e. The van der Waals surface area contributed by atoms with E-state index < -0.39 is 17.0 Å². The second kappa shape index (κ2) is 5.04. The van der Waals surface area contributed by atoms with Gasteiger partial charge in [0.15, 0.2) is 0 Å². The van der Waals surface area contributed by atoms with Crippen molar-refractivity contribution in [2.45, 2.75) is 57.5 Å². The van der Waals surface area contributed by atoms with Gasteiger partial charge in [-0.3, -0.25) is 4.79 Å². The Morgan fingerprint density at radius 3 is 2.24 bits per heavy atom. The third-order valence-corrected chi connectivity index (χ3v) is 3.41. The van der Waals surface area contributed by atoms with Crippen LogP contribution in [-0.2, 0) is 9.59 Å². The van der Waals surface area contributed by atoms with Crippen LogP contribution in [0.15, 0.2) is 0 Å². The second-order valence-corrected chi connectivity index (χ2v) is 5.20. The maximum Gasteiger partial charge on any atom is 0.329 e. The molecule has 1 aliphatic rings. The van der Waals surface area contributed by atoms with E-state index in [9.17, 15) is 14.7 Å². The van der Waals surface area contributed by atoms with Crippen LogP contribution in [0.25, 0.3) is 0 Å². The van der Waals surface area contributed by atoms with Gasteiger partial charge in [-0.25, -0.2) is 4.79 Å². The van der Waals surface area contributed by atoms with Crippen molar-refractivity contribution in [1.82, 2.24) is 10.6 Å². The first-order valence-electron chi connectivity index (χ1n) is 6.15. The number of carbonyl (C=O) groups excluding carboxylic acids is 1. The summed E-state index contributed by atoms with van der Waals surface area (Å²) in [5.41, 5.74) is -1.79. The number of nitrogens with one attached hydrogen (secondary N) is 2. The fraction of sp³-hybridized carbons (Fsp3) is 0.833. The molecule has 0 atom stereocenters. The Balaban J connectivity index is 2.75. The van der Waals surface area contributed by atoms with Crippen molar-refractivity contribution in [3.05, 3.63) is 0 Å². The summed E-state index contributed by atoms with van der Waals surface area (Å²) in [5, 5.41) is 15.0. The first-order chi connectivity index (χ1) is 7.84. The molecule has 1 rings (SSSR count). The van der Waals surface area contributed by atoms with Gasteiger partial charge in [-0.15, -0.1) is 0 Å². The molecule has 0 radical (unpaired) electrons. The van der Waals surface area contributed by atoms with Crippen LogP contribution < -0.4 is 10.6 Å². The highest BCUT2D eigenvalue weighted by atomic mass is 16.4. The van der Waals surface area contributed by atoms with Gasteiger partial charge in [-0.05, 0) is 33.2 Å². The number of likely N-dealkylation sites (N-methyl/N-ethyl adjacent to an activating group) is 1. The molecule has 17 heavy (non-hydrogen) atoms. The van der Waals surface area contributed by atoms with Crippen LogP contribution >= 0.6 is 0 Å². The lowest BCUT2D eigenvalue weighted by molar-refractivity contribution is -0.148. The van der Waals surface area contributed by atoms with Crippen molar-refractivity contribution in [3.8, 4) is 0 Å². The van der Waals surface area contributed by atoms with Gasteiger partial charge < -0.3 is 15.7 Å². The molecular formula is C12H22N2O3. The Kier molecular flexibility index (Phi) is 4.14. The molecule has 3 N–H and O–H groups in total. The van der Waals surface area contributed by atoms with E-state index in [0.29, 0.717) is 19.4 Å². The quantitative estimate of drug-likeness (QED) is 0.669. The fourth-order valence-corrected chi connectivity index (χ4v) is 2.27. The van der Waals surface area contributed by atoms with Crippen molar-refractivity contribution in [2.24, 2.45) is 0 Å². The molecule has 1 amide bonds. The van der Waals surface area contributed by atoms with Gasteiger partial charge in [0, 0.05) is 0 Å². The Labute approximate surface area is 102 Å². The van der Waals surface area contributed by atoms with Gasteiger partial charge in [0.2, 0.25) is 5.91 Å². The molecule has 0 aromatic heterocycles. The van der Waals surface area contributed by atoms with Crippen molar-refractivity contribution in [2.75, 3.05) is 6.54 Å². The molecule has 0 bridgehead atoms. The summed E-state index contributed by atoms with van der Waals surface area (Å²) in [7, 11) is 0. The number of rotatable bonds is 5. The summed E-state index contributed by atoms with van der Waals surface area (Å²) in [6.45, 7) is 6.10. The molecule has 1 saturated carbocycles. The standard InChI is InChI=1S/C12H22N2O3/c1-4-13-11(2,3)9(15)14-12(10(16)17)7-5-6-8-12/h13H,4-8H2,1-3H3,(H,14,15)(H,16,17). The summed E-state index contributed by atoms with van der Waals surface area (Å²) in [6, 6.07) is 0. The van der Waals surface area contributed by atoms with E-state index in [2.05, 4.69) is 10.6 Å². The Morgan fingerprint density at radius 2 is 1.82 bits per heavy atom. The summed E-state index contributed by atoms with van der Waals surface area (Å²) < 4.78 is 0. The van der Waals surface area contributed by atoms with E-state index in [-0.39, 0.29) is 5.91 Å². The summed E-state index contributed by atoms with van der Waals surface area (Å²) >= 11 is 0. The number of hydrogen-bond donors (Lipinski definition) is 3. The molecule has 0 aliphatic heterocycles. The Hall–Kier alpha value is -1.10. The van der Waals surface area contributed by atoms with Crippen molar-refractivity contribution in [1.29, 1.82) is 0 Å². The number of aliphatic carboxylic acids is 1. The number of carboxylic acid groups (broad SMARTS) is 1. The molecule has 1 fully saturated rings. The van der Waals surface area contributed by atoms with Crippen molar-refractivity contribution in [3.63, 3.8) is 0 Å². The van der Waals surface area contributed by atoms with Crippen LogP contribution in [0.4, 0.5) is 0 Å². The molecule has 5 heteroatoms. The molecule has 0 spiro atoms. The van der Waals surface area contributed by atoms with Crippen molar-refractivity contribution >= 4 is 11.9 Å². The topological polar surface area (TPSA) is 78.4 Å². The molecular weight excluding hydrogens is 220 g/mol. The van der Waals surface area contributed by atoms with Gasteiger partial charge in [0.25, 0.3) is 0 Å². The van der Waals surface area contributed by atoms with E-state index in [4.69, 9.17) is 0 Å². The van der Waals surface area contributed by atoms with E-state index >= 15 is 0 Å². The first-order valence-corrected chi connectivity index (χ1v) is 6.15. The molecule has 5 nitrogen and oxygen atoms in total. The fourth-order valence-electron chi connectivity index (χ4n) is 2.27. The van der Waals surface area contributed by atoms with Gasteiger partial charge in [-0.2, -0.15) is 0 Å². The minimum absolute atomic E-state index is 0.247. The van der Waals surface area contributed by atoms with Crippen LogP contribution in [0.3, 0.4) is 0 Å². The summed E-state index contributed by atoms with van der Waals surface area (Å²) in [6.07, 6.45) is 2.76. The number of amides is 1. The van der Waals surface area contributed by atoms with Crippen LogP contribution in [0.1, 0.15) is 46.5 Å². The van der Waals surface area contributed by atoms with Crippen LogP contribution in [0.5, 0.6) is 0 Å². The van der Waals surface area contributed by atoms with E-state index in [1.807, 2.05) is 6.92 Å². The average molecular weight is 242 g/mol. The van der Waals surface area contributed by atoms with Gasteiger partial charge in [0.1, 0.15) is 5.54 Å². The lowest BCUT2D eigenvalue weighted by atomic mass is 9.95. The highest BCUT2D eigenvalue weighted by molar-refractivity contribution is 5.91. The molecule has 0 saturated heterocycles. The minimum atomic E-state index is -1.05. The predicted octanol–water partition coefficient (Wildman–Crippen LogP) is 0.888. The Bertz CT molecular complexity index is 307. The van der Waals surface area contributed by atoms with Crippen LogP contribution in [0.2, 0.25) is 0 Å². The zero-order valence-corrected chi connectivity index (χ0v) is 10.8.